The largest absolute Gasteiger partial charge is 0.497 e. The predicted molar refractivity (Wildman–Crippen MR) is 105 cm³/mol. The molecule has 1 N–H and O–H groups in total. The molecule has 1 aliphatic rings. The third-order valence-electron chi connectivity index (χ3n) is 4.42. The Morgan fingerprint density at radius 2 is 1.93 bits per heavy atom. The van der Waals surface area contributed by atoms with Crippen molar-refractivity contribution in [3.63, 3.8) is 0 Å². The van der Waals surface area contributed by atoms with Crippen molar-refractivity contribution in [2.24, 2.45) is 0 Å². The second kappa shape index (κ2) is 9.14. The first-order chi connectivity index (χ1) is 13.6. The summed E-state index contributed by atoms with van der Waals surface area (Å²) in [5.74, 6) is 0.162. The van der Waals surface area contributed by atoms with Crippen LogP contribution in [0.2, 0.25) is 0 Å². The summed E-state index contributed by atoms with van der Waals surface area (Å²) < 4.78 is 10.2. The molecule has 0 atom stereocenters. The van der Waals surface area contributed by atoms with Gasteiger partial charge in [0.2, 0.25) is 5.91 Å². The molecule has 0 saturated carbocycles. The number of methoxy groups -OCH3 is 1. The molecule has 0 bridgehead atoms. The van der Waals surface area contributed by atoms with Crippen molar-refractivity contribution in [1.82, 2.24) is 0 Å². The lowest BCUT2D eigenvalue weighted by atomic mass is 10.1. The smallest absolute Gasteiger partial charge is 0.253 e. The normalized spacial score (nSPS) is 13.9. The van der Waals surface area contributed by atoms with Crippen molar-refractivity contribution < 1.29 is 23.9 Å². The van der Waals surface area contributed by atoms with E-state index in [4.69, 9.17) is 9.47 Å². The lowest BCUT2D eigenvalue weighted by Crippen LogP contribution is -2.41. The number of nitrogens with zero attached hydrogens (tertiary/aromatic N) is 1. The molecule has 7 nitrogen and oxygen atoms in total. The van der Waals surface area contributed by atoms with E-state index in [1.165, 1.54) is 7.11 Å². The minimum absolute atomic E-state index is 0.0831. The van der Waals surface area contributed by atoms with Gasteiger partial charge in [-0.1, -0.05) is 12.1 Å². The van der Waals surface area contributed by atoms with Gasteiger partial charge in [0.25, 0.3) is 5.91 Å². The van der Waals surface area contributed by atoms with Gasteiger partial charge < -0.3 is 19.7 Å². The van der Waals surface area contributed by atoms with E-state index in [-0.39, 0.29) is 37.0 Å². The molecule has 1 heterocycles. The van der Waals surface area contributed by atoms with Crippen molar-refractivity contribution in [3.8, 4) is 5.75 Å². The zero-order valence-electron chi connectivity index (χ0n) is 15.6. The fraction of sp³-hybridized carbons (Fsp3) is 0.286. The number of ether oxygens (including phenoxy) is 2. The van der Waals surface area contributed by atoms with Gasteiger partial charge in [-0.05, 0) is 36.4 Å². The number of hydrogen-bond acceptors (Lipinski definition) is 5. The third kappa shape index (κ3) is 4.95. The molecule has 3 rings (SSSR count). The highest BCUT2D eigenvalue weighted by Gasteiger charge is 2.20. The average Bonchev–Trinajstić information content (AvgIpc) is 2.73. The van der Waals surface area contributed by atoms with Gasteiger partial charge >= 0.3 is 0 Å². The molecule has 0 aromatic heterocycles. The van der Waals surface area contributed by atoms with E-state index in [0.717, 1.165) is 5.69 Å². The number of nitrogens with one attached hydrogen (secondary N) is 1. The average molecular weight is 382 g/mol. The molecule has 0 aliphatic carbocycles. The van der Waals surface area contributed by atoms with Crippen LogP contribution in [0.4, 0.5) is 11.4 Å². The lowest BCUT2D eigenvalue weighted by molar-refractivity contribution is -0.125. The number of benzene rings is 2. The molecular weight excluding hydrogens is 360 g/mol. The van der Waals surface area contributed by atoms with Gasteiger partial charge in [0.15, 0.2) is 5.78 Å². The quantitative estimate of drug-likeness (QED) is 0.744. The number of Topliss-reactive ketones (excluding diaryl/α,β-unsaturated/α-hetero) is 1. The van der Waals surface area contributed by atoms with Crippen LogP contribution in [-0.4, -0.2) is 44.5 Å². The third-order valence-corrected chi connectivity index (χ3v) is 4.42. The van der Waals surface area contributed by atoms with Crippen LogP contribution in [-0.2, 0) is 14.3 Å². The van der Waals surface area contributed by atoms with E-state index in [0.29, 0.717) is 30.2 Å². The van der Waals surface area contributed by atoms with Gasteiger partial charge in [0, 0.05) is 36.3 Å². The molecule has 1 fully saturated rings. The van der Waals surface area contributed by atoms with E-state index in [2.05, 4.69) is 5.32 Å². The van der Waals surface area contributed by atoms with Crippen molar-refractivity contribution in [2.75, 3.05) is 37.1 Å². The Balaban J connectivity index is 1.51. The molecule has 1 aliphatic heterocycles. The zero-order valence-corrected chi connectivity index (χ0v) is 15.6. The second-order valence-corrected chi connectivity index (χ2v) is 6.35. The van der Waals surface area contributed by atoms with Crippen molar-refractivity contribution in [2.45, 2.75) is 12.8 Å². The van der Waals surface area contributed by atoms with Crippen LogP contribution in [0.3, 0.4) is 0 Å². The summed E-state index contributed by atoms with van der Waals surface area (Å²) in [5, 5.41) is 2.77. The Hall–Kier alpha value is -3.19. The SMILES string of the molecule is COc1cccc(C(=O)CCC(=O)Nc2ccc(N3CCOCC3=O)cc2)c1. The number of ketones is 1. The topological polar surface area (TPSA) is 84.9 Å². The maximum atomic E-state index is 12.2. The van der Waals surface area contributed by atoms with Gasteiger partial charge in [0.05, 0.1) is 13.7 Å². The van der Waals surface area contributed by atoms with E-state index < -0.39 is 0 Å². The van der Waals surface area contributed by atoms with Crippen molar-refractivity contribution in [1.29, 1.82) is 0 Å². The molecule has 28 heavy (non-hydrogen) atoms. The lowest BCUT2D eigenvalue weighted by Gasteiger charge is -2.26. The zero-order chi connectivity index (χ0) is 19.9. The maximum Gasteiger partial charge on any atom is 0.253 e. The van der Waals surface area contributed by atoms with E-state index in [1.807, 2.05) is 0 Å². The van der Waals surface area contributed by atoms with Gasteiger partial charge in [0.1, 0.15) is 12.4 Å². The molecule has 0 unspecified atom stereocenters. The van der Waals surface area contributed by atoms with E-state index in [1.54, 1.807) is 53.4 Å². The Morgan fingerprint density at radius 1 is 1.14 bits per heavy atom. The highest BCUT2D eigenvalue weighted by molar-refractivity contribution is 6.00. The molecule has 2 aromatic carbocycles. The molecule has 7 heteroatoms. The summed E-state index contributed by atoms with van der Waals surface area (Å²) in [6.07, 6.45) is 0.194. The molecule has 1 saturated heterocycles. The summed E-state index contributed by atoms with van der Waals surface area (Å²) in [4.78, 5) is 37.9. The Morgan fingerprint density at radius 3 is 2.64 bits per heavy atom. The first-order valence-electron chi connectivity index (χ1n) is 9.02. The minimum Gasteiger partial charge on any atom is -0.497 e. The summed E-state index contributed by atoms with van der Waals surface area (Å²) in [6.45, 7) is 1.10. The van der Waals surface area contributed by atoms with E-state index >= 15 is 0 Å². The fourth-order valence-electron chi connectivity index (χ4n) is 2.91. The number of amides is 2. The minimum atomic E-state index is -0.244. The van der Waals surface area contributed by atoms with Crippen LogP contribution in [0.1, 0.15) is 23.2 Å². The standard InChI is InChI=1S/C21H22N2O5/c1-27-18-4-2-3-15(13-18)19(24)9-10-20(25)22-16-5-7-17(8-6-16)23-11-12-28-14-21(23)26/h2-8,13H,9-12,14H2,1H3,(H,22,25). The van der Waals surface area contributed by atoms with Crippen LogP contribution in [0, 0.1) is 0 Å². The monoisotopic (exact) mass is 382 g/mol. The summed E-state index contributed by atoms with van der Waals surface area (Å²) >= 11 is 0. The highest BCUT2D eigenvalue weighted by Crippen LogP contribution is 2.20. The van der Waals surface area contributed by atoms with Crippen LogP contribution >= 0.6 is 0 Å². The molecule has 2 aromatic rings. The Bertz CT molecular complexity index is 863. The number of hydrogen-bond donors (Lipinski definition) is 1. The first kappa shape index (κ1) is 19.6. The van der Waals surface area contributed by atoms with Crippen molar-refractivity contribution >= 4 is 29.0 Å². The van der Waals surface area contributed by atoms with Crippen LogP contribution in [0.15, 0.2) is 48.5 Å². The maximum absolute atomic E-state index is 12.2. The summed E-state index contributed by atoms with van der Waals surface area (Å²) in [7, 11) is 1.54. The van der Waals surface area contributed by atoms with Crippen molar-refractivity contribution in [3.05, 3.63) is 54.1 Å². The Labute approximate surface area is 163 Å². The second-order valence-electron chi connectivity index (χ2n) is 6.35. The van der Waals surface area contributed by atoms with E-state index in [9.17, 15) is 14.4 Å². The van der Waals surface area contributed by atoms with Crippen LogP contribution in [0.25, 0.3) is 0 Å². The number of anilines is 2. The number of carbonyl (C=O) groups excluding carboxylic acids is 3. The number of carbonyl (C=O) groups is 3. The van der Waals surface area contributed by atoms with Crippen LogP contribution < -0.4 is 15.0 Å². The highest BCUT2D eigenvalue weighted by atomic mass is 16.5. The molecule has 2 amide bonds. The predicted octanol–water partition coefficient (Wildman–Crippen LogP) is 2.66. The number of morpholine rings is 1. The van der Waals surface area contributed by atoms with Gasteiger partial charge in [-0.15, -0.1) is 0 Å². The summed E-state index contributed by atoms with van der Waals surface area (Å²) in [5.41, 5.74) is 1.90. The molecule has 0 spiro atoms. The van der Waals surface area contributed by atoms with Gasteiger partial charge in [-0.2, -0.15) is 0 Å². The molecular formula is C21H22N2O5. The molecule has 0 radical (unpaired) electrons. The molecule has 146 valence electrons. The number of rotatable bonds is 7. The Kier molecular flexibility index (Phi) is 6.39. The summed E-state index contributed by atoms with van der Waals surface area (Å²) in [6, 6.07) is 13.9. The fourth-order valence-corrected chi connectivity index (χ4v) is 2.91. The van der Waals surface area contributed by atoms with Crippen LogP contribution in [0.5, 0.6) is 5.75 Å². The van der Waals surface area contributed by atoms with Gasteiger partial charge in [-0.3, -0.25) is 14.4 Å². The van der Waals surface area contributed by atoms with Gasteiger partial charge in [-0.25, -0.2) is 0 Å². The first-order valence-corrected chi connectivity index (χ1v) is 9.02.